The molecule has 0 spiro atoms. The lowest BCUT2D eigenvalue weighted by molar-refractivity contribution is -0.101. The molecule has 198 valence electrons. The topological polar surface area (TPSA) is 30.9 Å². The van der Waals surface area contributed by atoms with E-state index >= 15 is 0 Å². The van der Waals surface area contributed by atoms with Gasteiger partial charge in [-0.05, 0) is 37.8 Å². The third-order valence-corrected chi connectivity index (χ3v) is 6.54. The average Bonchev–Trinajstić information content (AvgIpc) is 2.86. The second-order valence-corrected chi connectivity index (χ2v) is 9.59. The predicted octanol–water partition coefficient (Wildman–Crippen LogP) is 9.67. The molecule has 0 fully saturated rings. The van der Waals surface area contributed by atoms with Crippen molar-refractivity contribution in [2.24, 2.45) is 5.92 Å². The van der Waals surface area contributed by atoms with Gasteiger partial charge in [-0.15, -0.1) is 5.23 Å². The normalized spacial score (nSPS) is 12.1. The van der Waals surface area contributed by atoms with Gasteiger partial charge in [0.1, 0.15) is 11.4 Å². The molecule has 1 aromatic carbocycles. The number of benzene rings is 1. The lowest BCUT2D eigenvalue weighted by Gasteiger charge is -2.26. The molecule has 0 heterocycles. The fourth-order valence-corrected chi connectivity index (χ4v) is 4.22. The Morgan fingerprint density at radius 2 is 1.26 bits per heavy atom. The maximum absolute atomic E-state index is 6.20. The zero-order chi connectivity index (χ0) is 24.7. The first-order chi connectivity index (χ1) is 16.8. The molecule has 0 aliphatic rings. The number of nitrogens with zero attached hydrogens (tertiary/aromatic N) is 1. The Balaban J connectivity index is 2.36. The van der Waals surface area contributed by atoms with E-state index in [-0.39, 0.29) is 0 Å². The van der Waals surface area contributed by atoms with E-state index in [0.717, 1.165) is 24.3 Å². The molecular weight excluding hydrogens is 422 g/mol. The summed E-state index contributed by atoms with van der Waals surface area (Å²) in [6, 6.07) is 8.00. The Labute approximate surface area is 211 Å². The van der Waals surface area contributed by atoms with E-state index in [4.69, 9.17) is 14.4 Å². The molecular formula is C30H55NO3. The molecule has 1 rings (SSSR count). The third kappa shape index (κ3) is 14.9. The van der Waals surface area contributed by atoms with Gasteiger partial charge in [0.2, 0.25) is 0 Å². The number of hydrogen-bond donors (Lipinski definition) is 0. The minimum absolute atomic E-state index is 0.553. The highest BCUT2D eigenvalue weighted by atomic mass is 16.9. The standard InChI is InChI=1S/C30H55NO3/c1-5-9-11-12-13-14-15-16-17-18-19-22-26-33-31(34-27-28(7-3)23-10-6-2)29-24-20-21-25-30(29)32-8-4/h20-21,24-25,28H,5-19,22-23,26-27H2,1-4H3. The fourth-order valence-electron chi connectivity index (χ4n) is 4.22. The molecule has 0 aliphatic carbocycles. The van der Waals surface area contributed by atoms with Crippen LogP contribution in [-0.4, -0.2) is 19.8 Å². The summed E-state index contributed by atoms with van der Waals surface area (Å²) in [6.07, 6.45) is 20.9. The first-order valence-corrected chi connectivity index (χ1v) is 14.5. The summed E-state index contributed by atoms with van der Waals surface area (Å²) in [6.45, 7) is 10.8. The van der Waals surface area contributed by atoms with Crippen LogP contribution in [0.1, 0.15) is 130 Å². The van der Waals surface area contributed by atoms with Gasteiger partial charge in [0.15, 0.2) is 0 Å². The molecule has 34 heavy (non-hydrogen) atoms. The molecule has 0 N–H and O–H groups in total. The van der Waals surface area contributed by atoms with E-state index in [9.17, 15) is 0 Å². The first kappa shape index (κ1) is 30.8. The maximum atomic E-state index is 6.20. The quantitative estimate of drug-likeness (QED) is 0.109. The van der Waals surface area contributed by atoms with Crippen LogP contribution in [0.3, 0.4) is 0 Å². The molecule has 0 saturated carbocycles. The smallest absolute Gasteiger partial charge is 0.147 e. The van der Waals surface area contributed by atoms with Crippen molar-refractivity contribution in [3.63, 3.8) is 0 Å². The lowest BCUT2D eigenvalue weighted by Crippen LogP contribution is -2.28. The Morgan fingerprint density at radius 1 is 0.676 bits per heavy atom. The number of anilines is 1. The summed E-state index contributed by atoms with van der Waals surface area (Å²) < 4.78 is 5.83. The summed E-state index contributed by atoms with van der Waals surface area (Å²) in [5, 5.41) is 1.62. The lowest BCUT2D eigenvalue weighted by atomic mass is 10.0. The molecule has 1 unspecified atom stereocenters. The maximum Gasteiger partial charge on any atom is 0.147 e. The molecule has 4 nitrogen and oxygen atoms in total. The van der Waals surface area contributed by atoms with Gasteiger partial charge < -0.3 is 4.74 Å². The van der Waals surface area contributed by atoms with Crippen molar-refractivity contribution in [1.29, 1.82) is 0 Å². The minimum Gasteiger partial charge on any atom is -0.492 e. The van der Waals surface area contributed by atoms with Crippen LogP contribution in [0.5, 0.6) is 5.75 Å². The molecule has 1 aromatic rings. The van der Waals surface area contributed by atoms with Gasteiger partial charge in [0.05, 0.1) is 19.8 Å². The van der Waals surface area contributed by atoms with Crippen molar-refractivity contribution in [2.45, 2.75) is 130 Å². The second kappa shape index (κ2) is 22.2. The minimum atomic E-state index is 0.553. The number of unbranched alkanes of at least 4 members (excludes halogenated alkanes) is 12. The third-order valence-electron chi connectivity index (χ3n) is 6.54. The average molecular weight is 478 g/mol. The van der Waals surface area contributed by atoms with E-state index in [2.05, 4.69) is 20.8 Å². The monoisotopic (exact) mass is 477 g/mol. The number of hydrogen-bond acceptors (Lipinski definition) is 4. The van der Waals surface area contributed by atoms with Gasteiger partial charge in [0.25, 0.3) is 0 Å². The second-order valence-electron chi connectivity index (χ2n) is 9.59. The molecule has 0 aromatic heterocycles. The molecule has 0 saturated heterocycles. The zero-order valence-corrected chi connectivity index (χ0v) is 23.0. The molecule has 0 aliphatic heterocycles. The summed E-state index contributed by atoms with van der Waals surface area (Å²) >= 11 is 0. The van der Waals surface area contributed by atoms with Crippen LogP contribution < -0.4 is 9.96 Å². The number of para-hydroxylation sites is 2. The largest absolute Gasteiger partial charge is 0.492 e. The van der Waals surface area contributed by atoms with E-state index in [1.807, 2.05) is 31.2 Å². The van der Waals surface area contributed by atoms with E-state index in [1.165, 1.54) is 89.9 Å². The Bertz CT molecular complexity index is 566. The van der Waals surface area contributed by atoms with Crippen LogP contribution in [0.25, 0.3) is 0 Å². The summed E-state index contributed by atoms with van der Waals surface area (Å²) in [5.74, 6) is 1.36. The van der Waals surface area contributed by atoms with Crippen LogP contribution in [0, 0.1) is 5.92 Å². The molecule has 4 heteroatoms. The van der Waals surface area contributed by atoms with Crippen molar-refractivity contribution in [3.8, 4) is 5.75 Å². The Kier molecular flexibility index (Phi) is 20.1. The first-order valence-electron chi connectivity index (χ1n) is 14.5. The zero-order valence-electron chi connectivity index (χ0n) is 23.0. The van der Waals surface area contributed by atoms with Crippen LogP contribution in [-0.2, 0) is 9.68 Å². The Morgan fingerprint density at radius 3 is 1.85 bits per heavy atom. The van der Waals surface area contributed by atoms with Crippen molar-refractivity contribution in [2.75, 3.05) is 25.0 Å². The number of rotatable bonds is 24. The van der Waals surface area contributed by atoms with E-state index in [1.54, 1.807) is 5.23 Å². The fraction of sp³-hybridized carbons (Fsp3) is 0.800. The molecule has 0 radical (unpaired) electrons. The summed E-state index contributed by atoms with van der Waals surface area (Å²) in [4.78, 5) is 12.3. The van der Waals surface area contributed by atoms with Crippen LogP contribution >= 0.6 is 0 Å². The van der Waals surface area contributed by atoms with Crippen molar-refractivity contribution in [3.05, 3.63) is 24.3 Å². The van der Waals surface area contributed by atoms with Gasteiger partial charge in [0, 0.05) is 0 Å². The van der Waals surface area contributed by atoms with Gasteiger partial charge >= 0.3 is 0 Å². The highest BCUT2D eigenvalue weighted by Crippen LogP contribution is 2.29. The molecule has 0 bridgehead atoms. The SMILES string of the molecule is CCCCCCCCCCCCCCON(OCC(CC)CCCC)c1ccccc1OCC. The summed E-state index contributed by atoms with van der Waals surface area (Å²) in [7, 11) is 0. The van der Waals surface area contributed by atoms with Crippen molar-refractivity contribution >= 4 is 5.69 Å². The molecule has 0 amide bonds. The van der Waals surface area contributed by atoms with Crippen LogP contribution in [0.15, 0.2) is 24.3 Å². The summed E-state index contributed by atoms with van der Waals surface area (Å²) in [5.41, 5.74) is 0.855. The number of ether oxygens (including phenoxy) is 1. The predicted molar refractivity (Wildman–Crippen MR) is 146 cm³/mol. The Hall–Kier alpha value is -1.26. The van der Waals surface area contributed by atoms with Gasteiger partial charge in [-0.1, -0.05) is 123 Å². The van der Waals surface area contributed by atoms with Crippen molar-refractivity contribution < 1.29 is 14.4 Å². The van der Waals surface area contributed by atoms with Crippen molar-refractivity contribution in [1.82, 2.24) is 0 Å². The molecule has 1 atom stereocenters. The van der Waals surface area contributed by atoms with E-state index in [0.29, 0.717) is 25.7 Å². The van der Waals surface area contributed by atoms with Crippen LogP contribution in [0.4, 0.5) is 5.69 Å². The van der Waals surface area contributed by atoms with Crippen LogP contribution in [0.2, 0.25) is 0 Å². The van der Waals surface area contributed by atoms with Gasteiger partial charge in [-0.25, -0.2) is 9.68 Å². The highest BCUT2D eigenvalue weighted by Gasteiger charge is 2.16. The van der Waals surface area contributed by atoms with Gasteiger partial charge in [-0.2, -0.15) is 0 Å². The van der Waals surface area contributed by atoms with E-state index < -0.39 is 0 Å². The van der Waals surface area contributed by atoms with Gasteiger partial charge in [-0.3, -0.25) is 0 Å². The highest BCUT2D eigenvalue weighted by molar-refractivity contribution is 5.55.